The molecule has 1 aromatic carbocycles. The molecule has 0 aliphatic carbocycles. The highest BCUT2D eigenvalue weighted by Crippen LogP contribution is 2.39. The molecule has 2 aromatic rings. The number of rotatable bonds is 7. The topological polar surface area (TPSA) is 89.7 Å². The fourth-order valence-corrected chi connectivity index (χ4v) is 3.44. The number of benzene rings is 1. The number of hydrogen-bond acceptors (Lipinski definition) is 5. The highest BCUT2D eigenvalue weighted by Gasteiger charge is 2.52. The number of aromatic amines is 1. The summed E-state index contributed by atoms with van der Waals surface area (Å²) in [6.07, 6.45) is 2.74. The quantitative estimate of drug-likeness (QED) is 0.282. The number of amides is 1. The van der Waals surface area contributed by atoms with Gasteiger partial charge in [0.15, 0.2) is 0 Å². The molecule has 2 N–H and O–H groups in total. The van der Waals surface area contributed by atoms with Crippen LogP contribution >= 0.6 is 34.8 Å². The van der Waals surface area contributed by atoms with Crippen molar-refractivity contribution in [2.45, 2.75) is 49.3 Å². The third kappa shape index (κ3) is 6.58. The molecule has 0 spiro atoms. The van der Waals surface area contributed by atoms with Crippen molar-refractivity contribution >= 4 is 59.9 Å². The van der Waals surface area contributed by atoms with Gasteiger partial charge in [0.1, 0.15) is 6.61 Å². The Morgan fingerprint density at radius 1 is 1.12 bits per heavy atom. The Kier molecular flexibility index (Phi) is 8.10. The maximum absolute atomic E-state index is 12.3. The van der Waals surface area contributed by atoms with E-state index < -0.39 is 34.0 Å². The van der Waals surface area contributed by atoms with Crippen molar-refractivity contribution in [3.05, 3.63) is 64.9 Å². The molecule has 34 heavy (non-hydrogen) atoms. The normalized spacial score (nSPS) is 17.5. The van der Waals surface area contributed by atoms with E-state index in [9.17, 15) is 9.59 Å². The number of ketones is 1. The van der Waals surface area contributed by atoms with Crippen LogP contribution < -0.4 is 5.32 Å². The first-order valence-electron chi connectivity index (χ1n) is 10.6. The molecule has 182 valence electrons. The summed E-state index contributed by atoms with van der Waals surface area (Å²) in [6.45, 7) is 7.95. The summed E-state index contributed by atoms with van der Waals surface area (Å²) in [7, 11) is -0.735. The Morgan fingerprint density at radius 2 is 1.74 bits per heavy atom. The van der Waals surface area contributed by atoms with Crippen molar-refractivity contribution in [3.8, 4) is 0 Å². The summed E-state index contributed by atoms with van der Waals surface area (Å²) in [5, 5.41) is 2.73. The van der Waals surface area contributed by atoms with E-state index in [0.29, 0.717) is 11.0 Å². The number of halogens is 3. The molecule has 1 aromatic heterocycles. The first kappa shape index (κ1) is 26.6. The van der Waals surface area contributed by atoms with Gasteiger partial charge in [-0.1, -0.05) is 71.2 Å². The second-order valence-electron chi connectivity index (χ2n) is 8.90. The summed E-state index contributed by atoms with van der Waals surface area (Å²) in [5.74, 6) is -0.683. The highest BCUT2D eigenvalue weighted by atomic mass is 35.6. The van der Waals surface area contributed by atoms with Crippen molar-refractivity contribution in [1.82, 2.24) is 10.3 Å². The van der Waals surface area contributed by atoms with Gasteiger partial charge in [0.2, 0.25) is 5.78 Å². The van der Waals surface area contributed by atoms with Crippen LogP contribution in [0, 0.1) is 0 Å². The van der Waals surface area contributed by atoms with E-state index in [4.69, 9.17) is 48.8 Å². The van der Waals surface area contributed by atoms with Crippen molar-refractivity contribution in [2.75, 3.05) is 6.54 Å². The molecule has 0 bridgehead atoms. The molecular formula is C23H26BCl3N2O5. The Labute approximate surface area is 214 Å². The van der Waals surface area contributed by atoms with E-state index in [1.165, 1.54) is 0 Å². The van der Waals surface area contributed by atoms with E-state index in [0.717, 1.165) is 5.56 Å². The maximum atomic E-state index is 12.3. The van der Waals surface area contributed by atoms with Gasteiger partial charge in [0.25, 0.3) is 3.79 Å². The van der Waals surface area contributed by atoms with E-state index >= 15 is 0 Å². The van der Waals surface area contributed by atoms with E-state index in [2.05, 4.69) is 10.3 Å². The molecule has 1 saturated heterocycles. The largest absolute Gasteiger partial charge is 0.492 e. The standard InChI is InChI=1S/C23H26BCl3N2O5/c1-21(2)22(3,4)34-24(33-21)17(10-16-11-18(28-12-16)19(30)23(25,26)27)13-29-20(31)32-14-15-8-6-5-7-9-15/h5-12,28H,13-14H2,1-4H3,(H,29,31). The Balaban J connectivity index is 1.76. The van der Waals surface area contributed by atoms with Gasteiger partial charge in [-0.05, 0) is 50.4 Å². The van der Waals surface area contributed by atoms with Gasteiger partial charge < -0.3 is 24.3 Å². The van der Waals surface area contributed by atoms with Crippen molar-refractivity contribution < 1.29 is 23.6 Å². The summed E-state index contributed by atoms with van der Waals surface area (Å²) in [4.78, 5) is 27.3. The maximum Gasteiger partial charge on any atom is 0.492 e. The van der Waals surface area contributed by atoms with Gasteiger partial charge in [-0.3, -0.25) is 4.79 Å². The van der Waals surface area contributed by atoms with E-state index in [1.807, 2.05) is 58.0 Å². The molecule has 1 amide bonds. The molecule has 1 fully saturated rings. The predicted octanol–water partition coefficient (Wildman–Crippen LogP) is 5.51. The smallest absolute Gasteiger partial charge is 0.445 e. The lowest BCUT2D eigenvalue weighted by atomic mass is 9.77. The molecule has 3 rings (SSSR count). The average molecular weight is 528 g/mol. The van der Waals surface area contributed by atoms with Crippen LogP contribution in [0.5, 0.6) is 0 Å². The number of Topliss-reactive ketones (excluding diaryl/α,β-unsaturated/α-hetero) is 1. The molecule has 0 saturated carbocycles. The van der Waals surface area contributed by atoms with Crippen LogP contribution in [0.3, 0.4) is 0 Å². The number of ether oxygens (including phenoxy) is 1. The zero-order chi connectivity index (χ0) is 25.1. The van der Waals surface area contributed by atoms with Crippen molar-refractivity contribution in [1.29, 1.82) is 0 Å². The second kappa shape index (κ2) is 10.3. The van der Waals surface area contributed by atoms with Gasteiger partial charge in [0, 0.05) is 12.7 Å². The monoisotopic (exact) mass is 526 g/mol. The third-order valence-electron chi connectivity index (χ3n) is 5.77. The predicted molar refractivity (Wildman–Crippen MR) is 134 cm³/mol. The summed E-state index contributed by atoms with van der Waals surface area (Å²) in [5.41, 5.74) is 1.06. The van der Waals surface area contributed by atoms with Crippen molar-refractivity contribution in [2.24, 2.45) is 0 Å². The van der Waals surface area contributed by atoms with Gasteiger partial charge in [-0.15, -0.1) is 0 Å². The van der Waals surface area contributed by atoms with Crippen LogP contribution in [0.25, 0.3) is 6.08 Å². The van der Waals surface area contributed by atoms with Gasteiger partial charge in [0.05, 0.1) is 16.9 Å². The van der Waals surface area contributed by atoms with Gasteiger partial charge in [-0.25, -0.2) is 4.79 Å². The average Bonchev–Trinajstić information content (AvgIpc) is 3.30. The molecule has 0 unspecified atom stereocenters. The van der Waals surface area contributed by atoms with Crippen LogP contribution in [0.4, 0.5) is 4.79 Å². The molecule has 1 aliphatic heterocycles. The number of carbonyl (C=O) groups is 2. The summed E-state index contributed by atoms with van der Waals surface area (Å²) in [6, 6.07) is 10.9. The lowest BCUT2D eigenvalue weighted by molar-refractivity contribution is 0.00578. The lowest BCUT2D eigenvalue weighted by Gasteiger charge is -2.32. The van der Waals surface area contributed by atoms with E-state index in [-0.39, 0.29) is 18.8 Å². The number of H-pyrrole nitrogens is 1. The highest BCUT2D eigenvalue weighted by molar-refractivity contribution is 6.77. The van der Waals surface area contributed by atoms with Crippen LogP contribution in [0.2, 0.25) is 0 Å². The SMILES string of the molecule is CC1(C)OB(C(=Cc2c[nH]c(C(=O)C(Cl)(Cl)Cl)c2)CNC(=O)OCc2ccccc2)OC1(C)C. The minimum atomic E-state index is -2.08. The number of aromatic nitrogens is 1. The van der Waals surface area contributed by atoms with Gasteiger partial charge >= 0.3 is 13.2 Å². The number of nitrogens with one attached hydrogen (secondary N) is 2. The summed E-state index contributed by atoms with van der Waals surface area (Å²) < 4.78 is 15.5. The van der Waals surface area contributed by atoms with Gasteiger partial charge in [-0.2, -0.15) is 0 Å². The molecular weight excluding hydrogens is 501 g/mol. The molecule has 0 atom stereocenters. The zero-order valence-corrected chi connectivity index (χ0v) is 21.6. The fourth-order valence-electron chi connectivity index (χ4n) is 3.14. The van der Waals surface area contributed by atoms with E-state index in [1.54, 1.807) is 18.3 Å². The van der Waals surface area contributed by atoms with Crippen molar-refractivity contribution in [3.63, 3.8) is 0 Å². The number of carbonyl (C=O) groups excluding carboxylic acids is 2. The minimum absolute atomic E-state index is 0.0867. The molecule has 7 nitrogen and oxygen atoms in total. The first-order chi connectivity index (χ1) is 15.8. The molecule has 1 aliphatic rings. The first-order valence-corrected chi connectivity index (χ1v) is 11.7. The Hall–Kier alpha value is -1.97. The number of alkyl halides is 3. The summed E-state index contributed by atoms with van der Waals surface area (Å²) >= 11 is 17.1. The second-order valence-corrected chi connectivity index (χ2v) is 11.2. The Morgan fingerprint density at radius 3 is 2.32 bits per heavy atom. The zero-order valence-electron chi connectivity index (χ0n) is 19.3. The van der Waals surface area contributed by atoms with Crippen LogP contribution in [0.1, 0.15) is 49.3 Å². The van der Waals surface area contributed by atoms with Crippen LogP contribution in [-0.4, -0.2) is 45.5 Å². The Bertz CT molecular complexity index is 1050. The number of hydrogen-bond donors (Lipinski definition) is 2. The minimum Gasteiger partial charge on any atom is -0.445 e. The molecule has 11 heteroatoms. The third-order valence-corrected chi connectivity index (χ3v) is 6.28. The van der Waals surface area contributed by atoms with Crippen LogP contribution in [-0.2, 0) is 20.7 Å². The van der Waals surface area contributed by atoms with Crippen LogP contribution in [0.15, 0.2) is 48.1 Å². The molecule has 2 heterocycles. The fraction of sp³-hybridized carbons (Fsp3) is 0.391. The number of alkyl carbamates (subject to hydrolysis) is 1. The lowest BCUT2D eigenvalue weighted by Crippen LogP contribution is -2.41. The molecule has 0 radical (unpaired) electrons.